The molecule has 0 spiro atoms. The van der Waals surface area contributed by atoms with Crippen LogP contribution in [0.5, 0.6) is 11.5 Å². The molecule has 0 amide bonds. The van der Waals surface area contributed by atoms with E-state index in [1.54, 1.807) is 14.2 Å². The Morgan fingerprint density at radius 3 is 2.74 bits per heavy atom. The number of rotatable bonds is 5. The molecule has 146 valence electrons. The van der Waals surface area contributed by atoms with Gasteiger partial charge in [-0.25, -0.2) is 0 Å². The standard InChI is InChI=1S/C22H29NO3S/c1-15-11-16(7-9-26-15)14-23-8-6-17-12-19(24-2)20(25-3)13-18(17)22(23)21-5-4-10-27-21/h4-5,10,12-13,15-16,22H,6-9,11,14H2,1-3H3. The van der Waals surface area contributed by atoms with Crippen LogP contribution in [0.4, 0.5) is 0 Å². The minimum absolute atomic E-state index is 0.298. The van der Waals surface area contributed by atoms with Gasteiger partial charge in [0.1, 0.15) is 0 Å². The van der Waals surface area contributed by atoms with Gasteiger partial charge in [-0.15, -0.1) is 11.3 Å². The third-order valence-electron chi connectivity index (χ3n) is 5.87. The van der Waals surface area contributed by atoms with Gasteiger partial charge in [-0.1, -0.05) is 6.07 Å². The predicted octanol–water partition coefficient (Wildman–Crippen LogP) is 4.53. The summed E-state index contributed by atoms with van der Waals surface area (Å²) in [6.45, 7) is 5.30. The van der Waals surface area contributed by atoms with Crippen molar-refractivity contribution in [2.45, 2.75) is 38.3 Å². The Hall–Kier alpha value is -1.56. The maximum atomic E-state index is 5.76. The van der Waals surface area contributed by atoms with Gasteiger partial charge in [0.25, 0.3) is 0 Å². The maximum Gasteiger partial charge on any atom is 0.161 e. The highest BCUT2D eigenvalue weighted by molar-refractivity contribution is 7.10. The second kappa shape index (κ2) is 8.21. The Balaban J connectivity index is 1.68. The predicted molar refractivity (Wildman–Crippen MR) is 109 cm³/mol. The lowest BCUT2D eigenvalue weighted by molar-refractivity contribution is -0.00829. The molecule has 1 aromatic carbocycles. The topological polar surface area (TPSA) is 30.9 Å². The molecule has 2 aromatic rings. The summed E-state index contributed by atoms with van der Waals surface area (Å²) in [4.78, 5) is 4.08. The van der Waals surface area contributed by atoms with Gasteiger partial charge in [0.2, 0.25) is 0 Å². The van der Waals surface area contributed by atoms with Gasteiger partial charge in [-0.2, -0.15) is 0 Å². The summed E-state index contributed by atoms with van der Waals surface area (Å²) in [5.74, 6) is 2.35. The van der Waals surface area contributed by atoms with Gasteiger partial charge < -0.3 is 14.2 Å². The molecular weight excluding hydrogens is 358 g/mol. The minimum atomic E-state index is 0.298. The molecule has 1 saturated heterocycles. The molecule has 5 heteroatoms. The molecule has 27 heavy (non-hydrogen) atoms. The third kappa shape index (κ3) is 3.86. The number of thiophene rings is 1. The van der Waals surface area contributed by atoms with Crippen molar-refractivity contribution in [2.75, 3.05) is 33.9 Å². The molecule has 3 heterocycles. The summed E-state index contributed by atoms with van der Waals surface area (Å²) < 4.78 is 16.9. The summed E-state index contributed by atoms with van der Waals surface area (Å²) in [6.07, 6.45) is 3.75. The van der Waals surface area contributed by atoms with Crippen molar-refractivity contribution in [1.82, 2.24) is 4.90 Å². The van der Waals surface area contributed by atoms with Gasteiger partial charge in [-0.05, 0) is 66.8 Å². The largest absolute Gasteiger partial charge is 0.493 e. The number of benzene rings is 1. The van der Waals surface area contributed by atoms with Crippen LogP contribution in [-0.4, -0.2) is 44.9 Å². The zero-order chi connectivity index (χ0) is 18.8. The van der Waals surface area contributed by atoms with Crippen molar-refractivity contribution in [1.29, 1.82) is 0 Å². The average molecular weight is 388 g/mol. The third-order valence-corrected chi connectivity index (χ3v) is 6.80. The zero-order valence-corrected chi connectivity index (χ0v) is 17.3. The normalized spacial score (nSPS) is 25.8. The molecule has 0 radical (unpaired) electrons. The van der Waals surface area contributed by atoms with Crippen molar-refractivity contribution < 1.29 is 14.2 Å². The van der Waals surface area contributed by atoms with Crippen LogP contribution >= 0.6 is 11.3 Å². The highest BCUT2D eigenvalue weighted by Gasteiger charge is 2.33. The molecule has 4 nitrogen and oxygen atoms in total. The first kappa shape index (κ1) is 18.8. The van der Waals surface area contributed by atoms with E-state index in [4.69, 9.17) is 14.2 Å². The van der Waals surface area contributed by atoms with Crippen LogP contribution in [0.3, 0.4) is 0 Å². The second-order valence-electron chi connectivity index (χ2n) is 7.64. The Labute approximate surface area is 166 Å². The Bertz CT molecular complexity index is 761. The van der Waals surface area contributed by atoms with E-state index < -0.39 is 0 Å². The van der Waals surface area contributed by atoms with E-state index in [9.17, 15) is 0 Å². The highest BCUT2D eigenvalue weighted by Crippen LogP contribution is 2.42. The van der Waals surface area contributed by atoms with Crippen LogP contribution in [0.15, 0.2) is 29.6 Å². The Morgan fingerprint density at radius 1 is 1.22 bits per heavy atom. The van der Waals surface area contributed by atoms with Crippen LogP contribution in [0.1, 0.15) is 41.8 Å². The van der Waals surface area contributed by atoms with Crippen molar-refractivity contribution >= 4 is 11.3 Å². The zero-order valence-electron chi connectivity index (χ0n) is 16.4. The van der Waals surface area contributed by atoms with Crippen LogP contribution in [-0.2, 0) is 11.2 Å². The van der Waals surface area contributed by atoms with Crippen molar-refractivity contribution in [3.05, 3.63) is 45.6 Å². The summed E-state index contributed by atoms with van der Waals surface area (Å²) in [5, 5.41) is 2.18. The summed E-state index contributed by atoms with van der Waals surface area (Å²) in [5.41, 5.74) is 2.74. The molecule has 3 unspecified atom stereocenters. The fourth-order valence-corrected chi connectivity index (χ4v) is 5.44. The van der Waals surface area contributed by atoms with Gasteiger partial charge in [0.05, 0.1) is 26.4 Å². The Morgan fingerprint density at radius 2 is 2.04 bits per heavy atom. The van der Waals surface area contributed by atoms with E-state index in [0.29, 0.717) is 18.1 Å². The van der Waals surface area contributed by atoms with Crippen molar-refractivity contribution in [3.8, 4) is 11.5 Å². The number of nitrogens with zero attached hydrogens (tertiary/aromatic N) is 1. The van der Waals surface area contributed by atoms with Gasteiger partial charge >= 0.3 is 0 Å². The van der Waals surface area contributed by atoms with E-state index >= 15 is 0 Å². The first-order valence-electron chi connectivity index (χ1n) is 9.83. The molecule has 1 aromatic heterocycles. The smallest absolute Gasteiger partial charge is 0.161 e. The number of fused-ring (bicyclic) bond motifs is 1. The summed E-state index contributed by atoms with van der Waals surface area (Å²) in [6, 6.07) is 9.08. The van der Waals surface area contributed by atoms with Gasteiger partial charge in [0.15, 0.2) is 11.5 Å². The van der Waals surface area contributed by atoms with Gasteiger partial charge in [0, 0.05) is 24.6 Å². The molecular formula is C22H29NO3S. The quantitative estimate of drug-likeness (QED) is 0.754. The minimum Gasteiger partial charge on any atom is -0.493 e. The van der Waals surface area contributed by atoms with Crippen molar-refractivity contribution in [3.63, 3.8) is 0 Å². The van der Waals surface area contributed by atoms with E-state index in [1.165, 1.54) is 16.0 Å². The first-order chi connectivity index (χ1) is 13.2. The number of hydrogen-bond acceptors (Lipinski definition) is 5. The SMILES string of the molecule is COc1cc2c(cc1OC)C(c1cccs1)N(CC1CCOC(C)C1)CC2. The lowest BCUT2D eigenvalue weighted by atomic mass is 9.88. The average Bonchev–Trinajstić information content (AvgIpc) is 3.21. The highest BCUT2D eigenvalue weighted by atomic mass is 32.1. The van der Waals surface area contributed by atoms with Crippen LogP contribution in [0.2, 0.25) is 0 Å². The molecule has 0 bridgehead atoms. The summed E-state index contributed by atoms with van der Waals surface area (Å²) in [7, 11) is 3.43. The monoisotopic (exact) mass is 387 g/mol. The fraction of sp³-hybridized carbons (Fsp3) is 0.545. The molecule has 2 aliphatic rings. The number of ether oxygens (including phenoxy) is 3. The van der Waals surface area contributed by atoms with Crippen LogP contribution in [0.25, 0.3) is 0 Å². The molecule has 1 fully saturated rings. The number of hydrogen-bond donors (Lipinski definition) is 0. The fourth-order valence-electron chi connectivity index (χ4n) is 4.56. The van der Waals surface area contributed by atoms with E-state index in [2.05, 4.69) is 41.5 Å². The molecule has 0 aliphatic carbocycles. The van der Waals surface area contributed by atoms with Crippen LogP contribution in [0, 0.1) is 5.92 Å². The second-order valence-corrected chi connectivity index (χ2v) is 8.62. The van der Waals surface area contributed by atoms with E-state index in [0.717, 1.165) is 50.5 Å². The van der Waals surface area contributed by atoms with Crippen molar-refractivity contribution in [2.24, 2.45) is 5.92 Å². The molecule has 4 rings (SSSR count). The molecule has 0 saturated carbocycles. The van der Waals surface area contributed by atoms with E-state index in [-0.39, 0.29) is 0 Å². The Kier molecular flexibility index (Phi) is 5.71. The molecule has 0 N–H and O–H groups in total. The first-order valence-corrected chi connectivity index (χ1v) is 10.7. The molecule has 3 atom stereocenters. The van der Waals surface area contributed by atoms with Gasteiger partial charge in [-0.3, -0.25) is 4.90 Å². The van der Waals surface area contributed by atoms with E-state index in [1.807, 2.05) is 11.3 Å². The lowest BCUT2D eigenvalue weighted by Crippen LogP contribution is -2.41. The summed E-state index contributed by atoms with van der Waals surface area (Å²) >= 11 is 1.84. The van der Waals surface area contributed by atoms with Crippen LogP contribution < -0.4 is 9.47 Å². The maximum absolute atomic E-state index is 5.76. The lowest BCUT2D eigenvalue weighted by Gasteiger charge is -2.40. The molecule has 2 aliphatic heterocycles. The number of methoxy groups -OCH3 is 2.